The van der Waals surface area contributed by atoms with E-state index >= 15 is 0 Å². The van der Waals surface area contributed by atoms with Crippen LogP contribution in [0, 0.1) is 11.3 Å². The van der Waals surface area contributed by atoms with Gasteiger partial charge in [0.05, 0.1) is 18.5 Å². The molecule has 1 aliphatic carbocycles. The molecule has 4 heteroatoms. The summed E-state index contributed by atoms with van der Waals surface area (Å²) >= 11 is 0. The summed E-state index contributed by atoms with van der Waals surface area (Å²) < 4.78 is 0. The Kier molecular flexibility index (Phi) is 2.47. The fourth-order valence-corrected chi connectivity index (χ4v) is 3.43. The lowest BCUT2D eigenvalue weighted by Gasteiger charge is -2.26. The molecular formula is C13H19N3O. The molecule has 1 saturated heterocycles. The molecule has 1 saturated carbocycles. The second-order valence-corrected chi connectivity index (χ2v) is 5.44. The first-order chi connectivity index (χ1) is 8.23. The standard InChI is InChI=1S/C13H19N3O/c14-11-3-4-12(15-6-11)16-7-10-2-1-5-13(10,8-16)9-17/h3-4,6,10,17H,1-2,5,7-9,14H2/t10-,13+/m1/s1. The van der Waals surface area contributed by atoms with E-state index in [1.54, 1.807) is 6.20 Å². The molecule has 1 aromatic rings. The highest BCUT2D eigenvalue weighted by Crippen LogP contribution is 2.48. The van der Waals surface area contributed by atoms with Crippen molar-refractivity contribution in [3.8, 4) is 0 Å². The van der Waals surface area contributed by atoms with Gasteiger partial charge in [-0.2, -0.15) is 0 Å². The van der Waals surface area contributed by atoms with E-state index in [0.717, 1.165) is 25.3 Å². The van der Waals surface area contributed by atoms with E-state index in [-0.39, 0.29) is 5.41 Å². The Morgan fingerprint density at radius 1 is 1.53 bits per heavy atom. The maximum atomic E-state index is 9.67. The third kappa shape index (κ3) is 1.67. The zero-order valence-electron chi connectivity index (χ0n) is 9.97. The fraction of sp³-hybridized carbons (Fsp3) is 0.615. The molecule has 0 amide bonds. The number of pyridine rings is 1. The lowest BCUT2D eigenvalue weighted by Crippen LogP contribution is -2.31. The molecule has 3 N–H and O–H groups in total. The topological polar surface area (TPSA) is 62.4 Å². The van der Waals surface area contributed by atoms with Crippen molar-refractivity contribution in [3.05, 3.63) is 18.3 Å². The number of rotatable bonds is 2. The second kappa shape index (κ2) is 3.88. The summed E-state index contributed by atoms with van der Waals surface area (Å²) in [4.78, 5) is 6.66. The van der Waals surface area contributed by atoms with Crippen molar-refractivity contribution in [2.24, 2.45) is 11.3 Å². The summed E-state index contributed by atoms with van der Waals surface area (Å²) in [6.45, 7) is 2.27. The summed E-state index contributed by atoms with van der Waals surface area (Å²) in [7, 11) is 0. The van der Waals surface area contributed by atoms with Crippen molar-refractivity contribution in [3.63, 3.8) is 0 Å². The predicted octanol–water partition coefficient (Wildman–Crippen LogP) is 1.26. The molecule has 2 fully saturated rings. The van der Waals surface area contributed by atoms with E-state index in [2.05, 4.69) is 9.88 Å². The van der Waals surface area contributed by atoms with Crippen LogP contribution in [0.1, 0.15) is 19.3 Å². The molecule has 1 aromatic heterocycles. The Hall–Kier alpha value is -1.29. The number of nitrogen functional groups attached to an aromatic ring is 1. The summed E-state index contributed by atoms with van der Waals surface area (Å²) in [5, 5.41) is 9.67. The van der Waals surface area contributed by atoms with Crippen molar-refractivity contribution >= 4 is 11.5 Å². The van der Waals surface area contributed by atoms with Crippen LogP contribution in [0.15, 0.2) is 18.3 Å². The van der Waals surface area contributed by atoms with E-state index in [0.29, 0.717) is 18.2 Å². The monoisotopic (exact) mass is 233 g/mol. The van der Waals surface area contributed by atoms with Crippen LogP contribution < -0.4 is 10.6 Å². The molecule has 2 heterocycles. The molecule has 3 rings (SSSR count). The molecule has 2 aliphatic rings. The lowest BCUT2D eigenvalue weighted by atomic mass is 9.82. The van der Waals surface area contributed by atoms with Crippen molar-refractivity contribution < 1.29 is 5.11 Å². The maximum Gasteiger partial charge on any atom is 0.128 e. The van der Waals surface area contributed by atoms with Gasteiger partial charge < -0.3 is 15.7 Å². The summed E-state index contributed by atoms with van der Waals surface area (Å²) in [6.07, 6.45) is 5.36. The quantitative estimate of drug-likeness (QED) is 0.807. The highest BCUT2D eigenvalue weighted by molar-refractivity contribution is 5.47. The summed E-state index contributed by atoms with van der Waals surface area (Å²) in [6, 6.07) is 3.86. The average Bonchev–Trinajstić information content (AvgIpc) is 2.86. The molecule has 0 unspecified atom stereocenters. The molecule has 0 aromatic carbocycles. The number of nitrogens with zero attached hydrogens (tertiary/aromatic N) is 2. The highest BCUT2D eigenvalue weighted by atomic mass is 16.3. The molecule has 1 aliphatic heterocycles. The number of anilines is 2. The van der Waals surface area contributed by atoms with Gasteiger partial charge in [-0.15, -0.1) is 0 Å². The van der Waals surface area contributed by atoms with Gasteiger partial charge in [0, 0.05) is 18.5 Å². The Morgan fingerprint density at radius 3 is 3.06 bits per heavy atom. The minimum atomic E-state index is 0.128. The van der Waals surface area contributed by atoms with E-state index in [1.807, 2.05) is 12.1 Å². The zero-order valence-corrected chi connectivity index (χ0v) is 9.97. The van der Waals surface area contributed by atoms with Crippen LogP contribution in [-0.2, 0) is 0 Å². The Balaban J connectivity index is 1.82. The molecule has 92 valence electrons. The average molecular weight is 233 g/mol. The van der Waals surface area contributed by atoms with Crippen LogP contribution in [0.25, 0.3) is 0 Å². The molecule has 0 spiro atoms. The lowest BCUT2D eigenvalue weighted by molar-refractivity contribution is 0.121. The third-order valence-electron chi connectivity index (χ3n) is 4.45. The van der Waals surface area contributed by atoms with Gasteiger partial charge in [0.15, 0.2) is 0 Å². The maximum absolute atomic E-state index is 9.67. The van der Waals surface area contributed by atoms with E-state index in [1.165, 1.54) is 12.8 Å². The van der Waals surface area contributed by atoms with Gasteiger partial charge in [0.25, 0.3) is 0 Å². The fourth-order valence-electron chi connectivity index (χ4n) is 3.43. The number of hydrogen-bond acceptors (Lipinski definition) is 4. The first-order valence-corrected chi connectivity index (χ1v) is 6.31. The van der Waals surface area contributed by atoms with Crippen LogP contribution in [0.4, 0.5) is 11.5 Å². The number of hydrogen-bond donors (Lipinski definition) is 2. The number of aromatic nitrogens is 1. The van der Waals surface area contributed by atoms with Gasteiger partial charge >= 0.3 is 0 Å². The van der Waals surface area contributed by atoms with E-state index in [4.69, 9.17) is 5.73 Å². The second-order valence-electron chi connectivity index (χ2n) is 5.44. The Bertz CT molecular complexity index is 406. The summed E-state index contributed by atoms with van der Waals surface area (Å²) in [5.41, 5.74) is 6.48. The Labute approximate surface area is 101 Å². The van der Waals surface area contributed by atoms with Gasteiger partial charge in [-0.05, 0) is 30.9 Å². The first kappa shape index (κ1) is 10.8. The smallest absolute Gasteiger partial charge is 0.128 e. The molecular weight excluding hydrogens is 214 g/mol. The van der Waals surface area contributed by atoms with Crippen LogP contribution in [0.3, 0.4) is 0 Å². The summed E-state index contributed by atoms with van der Waals surface area (Å²) in [5.74, 6) is 1.62. The van der Waals surface area contributed by atoms with Gasteiger partial charge in [0.2, 0.25) is 0 Å². The van der Waals surface area contributed by atoms with Gasteiger partial charge in [-0.1, -0.05) is 6.42 Å². The van der Waals surface area contributed by atoms with Crippen LogP contribution >= 0.6 is 0 Å². The van der Waals surface area contributed by atoms with Crippen LogP contribution in [0.2, 0.25) is 0 Å². The minimum absolute atomic E-state index is 0.128. The largest absolute Gasteiger partial charge is 0.397 e. The molecule has 17 heavy (non-hydrogen) atoms. The van der Waals surface area contributed by atoms with Crippen molar-refractivity contribution in [1.82, 2.24) is 4.98 Å². The highest BCUT2D eigenvalue weighted by Gasteiger charge is 2.49. The zero-order chi connectivity index (χ0) is 11.9. The normalized spacial score (nSPS) is 31.8. The molecule has 2 atom stereocenters. The minimum Gasteiger partial charge on any atom is -0.397 e. The predicted molar refractivity (Wildman–Crippen MR) is 67.7 cm³/mol. The van der Waals surface area contributed by atoms with Gasteiger partial charge in [0.1, 0.15) is 5.82 Å². The van der Waals surface area contributed by atoms with Gasteiger partial charge in [-0.25, -0.2) is 4.98 Å². The van der Waals surface area contributed by atoms with E-state index < -0.39 is 0 Å². The third-order valence-corrected chi connectivity index (χ3v) is 4.45. The van der Waals surface area contributed by atoms with Crippen LogP contribution in [-0.4, -0.2) is 29.8 Å². The van der Waals surface area contributed by atoms with Crippen molar-refractivity contribution in [2.75, 3.05) is 30.3 Å². The van der Waals surface area contributed by atoms with Crippen LogP contribution in [0.5, 0.6) is 0 Å². The van der Waals surface area contributed by atoms with Crippen molar-refractivity contribution in [1.29, 1.82) is 0 Å². The molecule has 0 bridgehead atoms. The number of aliphatic hydroxyl groups is 1. The number of fused-ring (bicyclic) bond motifs is 1. The number of nitrogens with two attached hydrogens (primary N) is 1. The molecule has 0 radical (unpaired) electrons. The van der Waals surface area contributed by atoms with Gasteiger partial charge in [-0.3, -0.25) is 0 Å². The SMILES string of the molecule is Nc1ccc(N2C[C@H]3CCC[C@@]3(CO)C2)nc1. The van der Waals surface area contributed by atoms with E-state index in [9.17, 15) is 5.11 Å². The first-order valence-electron chi connectivity index (χ1n) is 6.31. The Morgan fingerprint density at radius 2 is 2.41 bits per heavy atom. The number of aliphatic hydroxyl groups excluding tert-OH is 1. The van der Waals surface area contributed by atoms with Crippen molar-refractivity contribution in [2.45, 2.75) is 19.3 Å². The molecule has 4 nitrogen and oxygen atoms in total.